The van der Waals surface area contributed by atoms with Crippen molar-refractivity contribution in [3.05, 3.63) is 78.4 Å². The van der Waals surface area contributed by atoms with Crippen LogP contribution in [0.5, 0.6) is 5.75 Å². The molecule has 3 rings (SSSR count). The number of phenolic OH excluding ortho intramolecular Hbond substituents is 1. The van der Waals surface area contributed by atoms with Gasteiger partial charge in [-0.1, -0.05) is 24.3 Å². The Hall–Kier alpha value is -3.28. The molecule has 6 heteroatoms. The molecule has 6 nitrogen and oxygen atoms in total. The van der Waals surface area contributed by atoms with E-state index in [4.69, 9.17) is 4.42 Å². The second-order valence-electron chi connectivity index (χ2n) is 5.21. The molecule has 0 radical (unpaired) electrons. The Bertz CT molecular complexity index is 788. The first-order chi connectivity index (χ1) is 11.7. The Morgan fingerprint density at radius 1 is 1.08 bits per heavy atom. The molecule has 0 aliphatic heterocycles. The molecule has 122 valence electrons. The molecular weight excluding hydrogens is 306 g/mol. The maximum atomic E-state index is 12.6. The van der Waals surface area contributed by atoms with Gasteiger partial charge in [0.05, 0.1) is 19.4 Å². The van der Waals surface area contributed by atoms with Gasteiger partial charge in [-0.05, 0) is 30.3 Å². The van der Waals surface area contributed by atoms with E-state index in [1.807, 2.05) is 6.07 Å². The molecule has 2 amide bonds. The Kier molecular flexibility index (Phi) is 4.76. The summed E-state index contributed by atoms with van der Waals surface area (Å²) in [5.41, 5.74) is 0.653. The number of anilines is 1. The number of hydrogen-bond acceptors (Lipinski definition) is 4. The number of pyridine rings is 1. The van der Waals surface area contributed by atoms with Crippen molar-refractivity contribution in [1.29, 1.82) is 0 Å². The minimum atomic E-state index is -0.326. The molecule has 24 heavy (non-hydrogen) atoms. The highest BCUT2D eigenvalue weighted by Gasteiger charge is 2.17. The number of rotatable bonds is 5. The summed E-state index contributed by atoms with van der Waals surface area (Å²) in [6, 6.07) is 15.4. The summed E-state index contributed by atoms with van der Waals surface area (Å²) < 4.78 is 5.33. The molecule has 0 unspecified atom stereocenters. The monoisotopic (exact) mass is 323 g/mol. The van der Waals surface area contributed by atoms with Crippen molar-refractivity contribution in [3.63, 3.8) is 0 Å². The van der Waals surface area contributed by atoms with Crippen molar-refractivity contribution >= 4 is 11.8 Å². The molecular formula is C18H17N3O3. The normalized spacial score (nSPS) is 10.3. The number of urea groups is 1. The maximum absolute atomic E-state index is 12.6. The molecule has 1 aromatic carbocycles. The van der Waals surface area contributed by atoms with Crippen molar-refractivity contribution in [2.45, 2.75) is 13.1 Å². The molecule has 0 saturated heterocycles. The van der Waals surface area contributed by atoms with Gasteiger partial charge in [0, 0.05) is 11.8 Å². The third-order valence-corrected chi connectivity index (χ3v) is 3.47. The van der Waals surface area contributed by atoms with Crippen LogP contribution in [0.1, 0.15) is 11.3 Å². The summed E-state index contributed by atoms with van der Waals surface area (Å²) in [4.78, 5) is 18.2. The fourth-order valence-electron chi connectivity index (χ4n) is 2.27. The van der Waals surface area contributed by atoms with Gasteiger partial charge in [-0.2, -0.15) is 0 Å². The molecule has 2 N–H and O–H groups in total. The Morgan fingerprint density at radius 2 is 1.92 bits per heavy atom. The van der Waals surface area contributed by atoms with Crippen molar-refractivity contribution < 1.29 is 14.3 Å². The van der Waals surface area contributed by atoms with Crippen molar-refractivity contribution in [2.75, 3.05) is 5.32 Å². The van der Waals surface area contributed by atoms with Crippen LogP contribution in [0.2, 0.25) is 0 Å². The van der Waals surface area contributed by atoms with Crippen LogP contribution < -0.4 is 5.32 Å². The van der Waals surface area contributed by atoms with E-state index in [1.54, 1.807) is 65.9 Å². The third kappa shape index (κ3) is 3.92. The van der Waals surface area contributed by atoms with E-state index in [1.165, 1.54) is 0 Å². The van der Waals surface area contributed by atoms with Crippen LogP contribution in [-0.4, -0.2) is 21.0 Å². The molecule has 3 aromatic rings. The molecule has 0 saturated carbocycles. The predicted molar refractivity (Wildman–Crippen MR) is 89.3 cm³/mol. The van der Waals surface area contributed by atoms with Gasteiger partial charge in [-0.3, -0.25) is 5.32 Å². The topological polar surface area (TPSA) is 78.6 Å². The lowest BCUT2D eigenvalue weighted by Gasteiger charge is -2.22. The number of aromatic hydroxyl groups is 1. The Labute approximate surface area is 139 Å². The van der Waals surface area contributed by atoms with E-state index in [-0.39, 0.29) is 24.9 Å². The van der Waals surface area contributed by atoms with Crippen molar-refractivity contribution in [2.24, 2.45) is 0 Å². The fourth-order valence-corrected chi connectivity index (χ4v) is 2.27. The summed E-state index contributed by atoms with van der Waals surface area (Å²) in [6.45, 7) is 0.520. The van der Waals surface area contributed by atoms with Crippen molar-refractivity contribution in [3.8, 4) is 5.75 Å². The van der Waals surface area contributed by atoms with Crippen LogP contribution in [0.3, 0.4) is 0 Å². The van der Waals surface area contributed by atoms with Crippen LogP contribution in [0.25, 0.3) is 0 Å². The lowest BCUT2D eigenvalue weighted by Crippen LogP contribution is -2.34. The summed E-state index contributed by atoms with van der Waals surface area (Å²) in [6.07, 6.45) is 3.17. The number of benzene rings is 1. The highest BCUT2D eigenvalue weighted by molar-refractivity contribution is 5.88. The Morgan fingerprint density at radius 3 is 2.62 bits per heavy atom. The largest absolute Gasteiger partial charge is 0.508 e. The molecule has 0 spiro atoms. The van der Waals surface area contributed by atoms with Gasteiger partial charge in [-0.15, -0.1) is 0 Å². The standard InChI is InChI=1S/C18H17N3O3/c22-16-8-2-1-6-14(16)12-21(13-15-7-5-11-24-15)18(23)20-17-9-3-4-10-19-17/h1-11,22H,12-13H2,(H,19,20,23). The van der Waals surface area contributed by atoms with Gasteiger partial charge >= 0.3 is 6.03 Å². The lowest BCUT2D eigenvalue weighted by molar-refractivity contribution is 0.200. The summed E-state index contributed by atoms with van der Waals surface area (Å²) in [5.74, 6) is 1.26. The van der Waals surface area contributed by atoms with Crippen molar-refractivity contribution in [1.82, 2.24) is 9.88 Å². The van der Waals surface area contributed by atoms with Gasteiger partial charge in [0.25, 0.3) is 0 Å². The summed E-state index contributed by atoms with van der Waals surface area (Å²) >= 11 is 0. The number of phenols is 1. The highest BCUT2D eigenvalue weighted by Crippen LogP contribution is 2.20. The van der Waals surface area contributed by atoms with E-state index in [0.29, 0.717) is 17.1 Å². The van der Waals surface area contributed by atoms with Gasteiger partial charge in [0.2, 0.25) is 0 Å². The number of para-hydroxylation sites is 1. The second-order valence-corrected chi connectivity index (χ2v) is 5.21. The Balaban J connectivity index is 1.78. The number of aromatic nitrogens is 1. The molecule has 0 aliphatic carbocycles. The minimum absolute atomic E-state index is 0.146. The SMILES string of the molecule is O=C(Nc1ccccn1)N(Cc1ccco1)Cc1ccccc1O. The maximum Gasteiger partial charge on any atom is 0.323 e. The molecule has 2 aromatic heterocycles. The first-order valence-electron chi connectivity index (χ1n) is 7.48. The molecule has 0 aliphatic rings. The minimum Gasteiger partial charge on any atom is -0.508 e. The number of nitrogens with one attached hydrogen (secondary N) is 1. The smallest absolute Gasteiger partial charge is 0.323 e. The van der Waals surface area contributed by atoms with E-state index in [0.717, 1.165) is 0 Å². The van der Waals surface area contributed by atoms with Crippen LogP contribution in [-0.2, 0) is 13.1 Å². The fraction of sp³-hybridized carbons (Fsp3) is 0.111. The van der Waals surface area contributed by atoms with E-state index in [2.05, 4.69) is 10.3 Å². The zero-order valence-corrected chi connectivity index (χ0v) is 12.9. The molecule has 0 bridgehead atoms. The molecule has 0 fully saturated rings. The second kappa shape index (κ2) is 7.32. The number of carbonyl (C=O) groups is 1. The van der Waals surface area contributed by atoms with Gasteiger partial charge in [0.1, 0.15) is 17.3 Å². The van der Waals surface area contributed by atoms with Crippen LogP contribution >= 0.6 is 0 Å². The number of nitrogens with zero attached hydrogens (tertiary/aromatic N) is 2. The zero-order chi connectivity index (χ0) is 16.8. The average molecular weight is 323 g/mol. The molecule has 0 atom stereocenters. The number of carbonyl (C=O) groups excluding carboxylic acids is 1. The summed E-state index contributed by atoms with van der Waals surface area (Å²) in [7, 11) is 0. The average Bonchev–Trinajstić information content (AvgIpc) is 3.10. The van der Waals surface area contributed by atoms with E-state index in [9.17, 15) is 9.90 Å². The van der Waals surface area contributed by atoms with Gasteiger partial charge < -0.3 is 14.4 Å². The van der Waals surface area contributed by atoms with Gasteiger partial charge in [-0.25, -0.2) is 9.78 Å². The zero-order valence-electron chi connectivity index (χ0n) is 12.9. The lowest BCUT2D eigenvalue weighted by atomic mass is 10.2. The van der Waals surface area contributed by atoms with E-state index < -0.39 is 0 Å². The first kappa shape index (κ1) is 15.6. The third-order valence-electron chi connectivity index (χ3n) is 3.47. The number of amides is 2. The highest BCUT2D eigenvalue weighted by atomic mass is 16.3. The number of furan rings is 1. The van der Waals surface area contributed by atoms with Crippen LogP contribution in [0, 0.1) is 0 Å². The van der Waals surface area contributed by atoms with Crippen LogP contribution in [0.4, 0.5) is 10.6 Å². The quantitative estimate of drug-likeness (QED) is 0.752. The number of hydrogen-bond donors (Lipinski definition) is 2. The van der Waals surface area contributed by atoms with Crippen LogP contribution in [0.15, 0.2) is 71.5 Å². The van der Waals surface area contributed by atoms with Gasteiger partial charge in [0.15, 0.2) is 0 Å². The van der Waals surface area contributed by atoms with E-state index >= 15 is 0 Å². The summed E-state index contributed by atoms with van der Waals surface area (Å²) in [5, 5.41) is 12.7. The molecule has 2 heterocycles. The first-order valence-corrected chi connectivity index (χ1v) is 7.48. The predicted octanol–water partition coefficient (Wildman–Crippen LogP) is 3.61.